The fourth-order valence-electron chi connectivity index (χ4n) is 1.53. The van der Waals surface area contributed by atoms with E-state index in [2.05, 4.69) is 11.2 Å². The van der Waals surface area contributed by atoms with Crippen molar-refractivity contribution in [2.45, 2.75) is 6.54 Å². The maximum absolute atomic E-state index is 8.92. The Labute approximate surface area is 98.7 Å². The predicted molar refractivity (Wildman–Crippen MR) is 62.3 cm³/mol. The molecule has 84 valence electrons. The van der Waals surface area contributed by atoms with E-state index in [9.17, 15) is 0 Å². The SMILES string of the molecule is N#Cc1cccc(Cn2ccc(B(O)O)n2)c1. The van der Waals surface area contributed by atoms with Crippen LogP contribution in [0, 0.1) is 11.3 Å². The van der Waals surface area contributed by atoms with E-state index in [1.54, 1.807) is 35.1 Å². The summed E-state index contributed by atoms with van der Waals surface area (Å²) in [5.74, 6) is 0. The van der Waals surface area contributed by atoms with Gasteiger partial charge in [-0.25, -0.2) is 0 Å². The highest BCUT2D eigenvalue weighted by Gasteiger charge is 2.14. The number of benzene rings is 1. The molecule has 1 aromatic carbocycles. The van der Waals surface area contributed by atoms with E-state index in [0.29, 0.717) is 12.1 Å². The van der Waals surface area contributed by atoms with Gasteiger partial charge in [-0.15, -0.1) is 0 Å². The number of hydrogen-bond acceptors (Lipinski definition) is 4. The van der Waals surface area contributed by atoms with Gasteiger partial charge in [-0.2, -0.15) is 10.4 Å². The van der Waals surface area contributed by atoms with Crippen LogP contribution in [-0.4, -0.2) is 26.9 Å². The zero-order valence-electron chi connectivity index (χ0n) is 8.98. The molecule has 0 radical (unpaired) electrons. The van der Waals surface area contributed by atoms with Crippen molar-refractivity contribution >= 4 is 12.7 Å². The first-order chi connectivity index (χ1) is 8.19. The standard InChI is InChI=1S/C11H10BN3O2/c13-7-9-2-1-3-10(6-9)8-15-5-4-11(14-15)12(16)17/h1-6,16-17H,8H2. The Morgan fingerprint density at radius 2 is 2.18 bits per heavy atom. The third-order valence-electron chi connectivity index (χ3n) is 2.33. The Morgan fingerprint density at radius 1 is 1.35 bits per heavy atom. The van der Waals surface area contributed by atoms with Gasteiger partial charge in [0.2, 0.25) is 0 Å². The molecule has 0 aliphatic heterocycles. The summed E-state index contributed by atoms with van der Waals surface area (Å²) in [6, 6.07) is 10.8. The molecule has 0 atom stereocenters. The van der Waals surface area contributed by atoms with E-state index in [1.807, 2.05) is 6.07 Å². The van der Waals surface area contributed by atoms with Gasteiger partial charge in [0.05, 0.1) is 23.8 Å². The Hall–Kier alpha value is -2.10. The van der Waals surface area contributed by atoms with Crippen LogP contribution in [-0.2, 0) is 6.54 Å². The quantitative estimate of drug-likeness (QED) is 0.691. The maximum Gasteiger partial charge on any atom is 0.510 e. The van der Waals surface area contributed by atoms with Gasteiger partial charge < -0.3 is 10.0 Å². The fourth-order valence-corrected chi connectivity index (χ4v) is 1.53. The highest BCUT2D eigenvalue weighted by molar-refractivity contribution is 6.57. The molecule has 0 aliphatic rings. The Bertz CT molecular complexity index is 560. The van der Waals surface area contributed by atoms with Crippen LogP contribution in [0.15, 0.2) is 36.5 Å². The van der Waals surface area contributed by atoms with Crippen molar-refractivity contribution in [2.75, 3.05) is 0 Å². The monoisotopic (exact) mass is 227 g/mol. The molecule has 1 aromatic heterocycles. The summed E-state index contributed by atoms with van der Waals surface area (Å²) < 4.78 is 1.59. The highest BCUT2D eigenvalue weighted by atomic mass is 16.4. The lowest BCUT2D eigenvalue weighted by Gasteiger charge is -2.02. The zero-order valence-corrected chi connectivity index (χ0v) is 8.98. The van der Waals surface area contributed by atoms with Crippen LogP contribution in [0.5, 0.6) is 0 Å². The molecular formula is C11H10BN3O2. The molecule has 17 heavy (non-hydrogen) atoms. The smallest absolute Gasteiger partial charge is 0.422 e. The molecule has 2 rings (SSSR count). The highest BCUT2D eigenvalue weighted by Crippen LogP contribution is 2.05. The minimum Gasteiger partial charge on any atom is -0.422 e. The summed E-state index contributed by atoms with van der Waals surface area (Å²) in [6.07, 6.45) is 1.66. The van der Waals surface area contributed by atoms with E-state index in [1.165, 1.54) is 0 Å². The first kappa shape index (κ1) is 11.4. The van der Waals surface area contributed by atoms with Crippen LogP contribution >= 0.6 is 0 Å². The average Bonchev–Trinajstić information content (AvgIpc) is 2.78. The van der Waals surface area contributed by atoms with Crippen LogP contribution < -0.4 is 5.59 Å². The maximum atomic E-state index is 8.92. The van der Waals surface area contributed by atoms with Crippen molar-refractivity contribution in [3.8, 4) is 6.07 Å². The van der Waals surface area contributed by atoms with Crippen molar-refractivity contribution in [3.05, 3.63) is 47.7 Å². The lowest BCUT2D eigenvalue weighted by Crippen LogP contribution is -2.31. The molecule has 5 nitrogen and oxygen atoms in total. The van der Waals surface area contributed by atoms with Crippen molar-refractivity contribution in [3.63, 3.8) is 0 Å². The van der Waals surface area contributed by atoms with Gasteiger partial charge in [0, 0.05) is 6.20 Å². The van der Waals surface area contributed by atoms with Gasteiger partial charge in [-0.05, 0) is 23.8 Å². The molecule has 2 aromatic rings. The molecule has 0 unspecified atom stereocenters. The first-order valence-corrected chi connectivity index (χ1v) is 5.07. The molecule has 2 N–H and O–H groups in total. The molecule has 0 aliphatic carbocycles. The minimum absolute atomic E-state index is 0.210. The zero-order chi connectivity index (χ0) is 12.3. The summed E-state index contributed by atoms with van der Waals surface area (Å²) in [5, 5.41) is 30.6. The third kappa shape index (κ3) is 2.72. The second kappa shape index (κ2) is 4.83. The predicted octanol–water partition coefficient (Wildman–Crippen LogP) is -0.517. The molecule has 0 saturated carbocycles. The topological polar surface area (TPSA) is 82.1 Å². The summed E-state index contributed by atoms with van der Waals surface area (Å²) in [5.41, 5.74) is 1.74. The normalized spacial score (nSPS) is 9.94. The molecular weight excluding hydrogens is 217 g/mol. The molecule has 0 fully saturated rings. The second-order valence-electron chi connectivity index (χ2n) is 3.62. The van der Waals surface area contributed by atoms with Gasteiger partial charge >= 0.3 is 7.12 Å². The van der Waals surface area contributed by atoms with Crippen molar-refractivity contribution < 1.29 is 10.0 Å². The van der Waals surface area contributed by atoms with E-state index in [4.69, 9.17) is 15.3 Å². The van der Waals surface area contributed by atoms with Crippen molar-refractivity contribution in [2.24, 2.45) is 0 Å². The summed E-state index contributed by atoms with van der Waals surface area (Å²) in [4.78, 5) is 0. The number of hydrogen-bond donors (Lipinski definition) is 2. The van der Waals surface area contributed by atoms with Crippen LogP contribution in [0.25, 0.3) is 0 Å². The Morgan fingerprint density at radius 3 is 2.82 bits per heavy atom. The molecule has 0 amide bonds. The number of aromatic nitrogens is 2. The minimum atomic E-state index is -1.55. The van der Waals surface area contributed by atoms with Crippen LogP contribution in [0.1, 0.15) is 11.1 Å². The number of rotatable bonds is 3. The molecule has 0 bridgehead atoms. The Kier molecular flexibility index (Phi) is 3.23. The lowest BCUT2D eigenvalue weighted by molar-refractivity contribution is 0.423. The number of nitriles is 1. The van der Waals surface area contributed by atoms with Gasteiger partial charge in [0.15, 0.2) is 0 Å². The summed E-state index contributed by atoms with van der Waals surface area (Å²) >= 11 is 0. The number of nitrogens with zero attached hydrogens (tertiary/aromatic N) is 3. The van der Waals surface area contributed by atoms with Gasteiger partial charge in [-0.1, -0.05) is 12.1 Å². The van der Waals surface area contributed by atoms with Crippen molar-refractivity contribution in [1.29, 1.82) is 5.26 Å². The van der Waals surface area contributed by atoms with Gasteiger partial charge in [0.25, 0.3) is 0 Å². The summed E-state index contributed by atoms with van der Waals surface area (Å²) in [7, 11) is -1.55. The second-order valence-corrected chi connectivity index (χ2v) is 3.62. The van der Waals surface area contributed by atoms with E-state index >= 15 is 0 Å². The lowest BCUT2D eigenvalue weighted by atomic mass is 9.87. The molecule has 1 heterocycles. The largest absolute Gasteiger partial charge is 0.510 e. The first-order valence-electron chi connectivity index (χ1n) is 5.07. The Balaban J connectivity index is 2.17. The molecule has 0 spiro atoms. The van der Waals surface area contributed by atoms with E-state index in [-0.39, 0.29) is 5.59 Å². The van der Waals surface area contributed by atoms with Crippen molar-refractivity contribution in [1.82, 2.24) is 9.78 Å². The molecule has 0 saturated heterocycles. The van der Waals surface area contributed by atoms with Gasteiger partial charge in [0.1, 0.15) is 0 Å². The van der Waals surface area contributed by atoms with Crippen LogP contribution in [0.4, 0.5) is 0 Å². The van der Waals surface area contributed by atoms with Crippen LogP contribution in [0.3, 0.4) is 0 Å². The van der Waals surface area contributed by atoms with Gasteiger partial charge in [-0.3, -0.25) is 4.68 Å². The third-order valence-corrected chi connectivity index (χ3v) is 2.33. The average molecular weight is 227 g/mol. The van der Waals surface area contributed by atoms with Crippen LogP contribution in [0.2, 0.25) is 0 Å². The molecule has 6 heteroatoms. The summed E-state index contributed by atoms with van der Waals surface area (Å²) in [6.45, 7) is 0.488. The van der Waals surface area contributed by atoms with E-state index in [0.717, 1.165) is 5.56 Å². The fraction of sp³-hybridized carbons (Fsp3) is 0.0909. The van der Waals surface area contributed by atoms with E-state index < -0.39 is 7.12 Å².